The number of carbonyl (C=O) groups excluding carboxylic acids is 1. The number of nitrogens with one attached hydrogen (secondary N) is 1. The van der Waals surface area contributed by atoms with Gasteiger partial charge in [0.05, 0.1) is 25.4 Å². The molecule has 0 aromatic rings. The summed E-state index contributed by atoms with van der Waals surface area (Å²) in [5.41, 5.74) is 0. The number of hydrogen-bond donors (Lipinski definition) is 6. The van der Waals surface area contributed by atoms with Gasteiger partial charge in [0.2, 0.25) is 5.91 Å². The van der Waals surface area contributed by atoms with E-state index in [4.69, 9.17) is 9.47 Å². The SMILES string of the molecule is CCCCCCCCCCCCCC/C=C\CCCCCCCCCCCCCCCCC(=O)NC(COC1OC(CO)C(O)C(O)C1O)C(O)/C=C/CC/C=C/CCCCCCCCCCCCCCCCCCCC. The first kappa shape index (κ1) is 73.4. The van der Waals surface area contributed by atoms with Crippen LogP contribution in [0.3, 0.4) is 0 Å². The molecule has 1 fully saturated rings. The van der Waals surface area contributed by atoms with Crippen LogP contribution in [0.25, 0.3) is 0 Å². The second-order valence-corrected chi connectivity index (χ2v) is 23.6. The highest BCUT2D eigenvalue weighted by molar-refractivity contribution is 5.76. The van der Waals surface area contributed by atoms with Gasteiger partial charge < -0.3 is 40.3 Å². The third-order valence-corrected chi connectivity index (χ3v) is 16.2. The van der Waals surface area contributed by atoms with Gasteiger partial charge in [0.1, 0.15) is 24.4 Å². The van der Waals surface area contributed by atoms with Crippen molar-refractivity contribution in [1.29, 1.82) is 0 Å². The fourth-order valence-electron chi connectivity index (χ4n) is 10.9. The van der Waals surface area contributed by atoms with Crippen LogP contribution >= 0.6 is 0 Å². The number of unbranched alkanes of at least 4 members (excludes halogenated alkanes) is 45. The van der Waals surface area contributed by atoms with Crippen molar-refractivity contribution in [2.24, 2.45) is 0 Å². The van der Waals surface area contributed by atoms with Gasteiger partial charge in [-0.2, -0.15) is 0 Å². The lowest BCUT2D eigenvalue weighted by atomic mass is 9.99. The fraction of sp³-hybridized carbons (Fsp3) is 0.897. The van der Waals surface area contributed by atoms with E-state index in [1.807, 2.05) is 6.08 Å². The topological polar surface area (TPSA) is 149 Å². The Labute approximate surface area is 476 Å². The number of rotatable bonds is 59. The second kappa shape index (κ2) is 57.6. The minimum Gasteiger partial charge on any atom is -0.394 e. The van der Waals surface area contributed by atoms with Gasteiger partial charge in [0.15, 0.2) is 6.29 Å². The molecule has 0 radical (unpaired) electrons. The normalized spacial score (nSPS) is 18.9. The van der Waals surface area contributed by atoms with Crippen LogP contribution in [0.5, 0.6) is 0 Å². The quantitative estimate of drug-likeness (QED) is 0.0261. The highest BCUT2D eigenvalue weighted by Gasteiger charge is 2.44. The largest absolute Gasteiger partial charge is 0.394 e. The van der Waals surface area contributed by atoms with Crippen LogP contribution in [0.2, 0.25) is 0 Å². The molecule has 9 nitrogen and oxygen atoms in total. The van der Waals surface area contributed by atoms with Gasteiger partial charge in [-0.05, 0) is 57.8 Å². The molecule has 1 saturated heterocycles. The first-order valence-electron chi connectivity index (χ1n) is 33.7. The minimum absolute atomic E-state index is 0.181. The third kappa shape index (κ3) is 46.7. The molecule has 7 unspecified atom stereocenters. The number of carbonyl (C=O) groups is 1. The summed E-state index contributed by atoms with van der Waals surface area (Å²) >= 11 is 0. The number of aliphatic hydroxyl groups is 5. The molecule has 1 aliphatic heterocycles. The van der Waals surface area contributed by atoms with Crippen molar-refractivity contribution in [1.82, 2.24) is 5.32 Å². The third-order valence-electron chi connectivity index (χ3n) is 16.2. The Morgan fingerprint density at radius 2 is 0.740 bits per heavy atom. The number of amides is 1. The molecule has 0 saturated carbocycles. The first-order chi connectivity index (χ1) is 37.8. The zero-order chi connectivity index (χ0) is 55.8. The van der Waals surface area contributed by atoms with E-state index in [1.165, 1.54) is 276 Å². The Morgan fingerprint density at radius 3 is 1.09 bits per heavy atom. The van der Waals surface area contributed by atoms with Crippen LogP contribution in [0, 0.1) is 0 Å². The summed E-state index contributed by atoms with van der Waals surface area (Å²) in [4.78, 5) is 13.1. The lowest BCUT2D eigenvalue weighted by Gasteiger charge is -2.40. The minimum atomic E-state index is -1.57. The van der Waals surface area contributed by atoms with Crippen LogP contribution in [0.15, 0.2) is 36.5 Å². The summed E-state index contributed by atoms with van der Waals surface area (Å²) in [5.74, 6) is -0.181. The van der Waals surface area contributed by atoms with Crippen LogP contribution in [-0.4, -0.2) is 87.5 Å². The van der Waals surface area contributed by atoms with Crippen molar-refractivity contribution < 1.29 is 39.8 Å². The standard InChI is InChI=1S/C68H129NO8/c1-3-5-7-9-11-13-15-17-19-21-23-25-27-29-30-31-32-33-34-36-38-40-42-44-46-48-50-52-54-56-58-64(72)69-61(60-76-68-67(75)66(74)65(73)63(59-70)77-68)62(71)57-55-53-51-49-47-45-43-41-39-37-35-28-26-24-22-20-18-16-14-12-10-8-6-4-2/h29-30,47,49,55,57,61-63,65-68,70-71,73-75H,3-28,31-46,48,50-54,56,58-60H2,1-2H3,(H,69,72)/b30-29-,49-47+,57-55+. The zero-order valence-corrected chi connectivity index (χ0v) is 50.7. The van der Waals surface area contributed by atoms with E-state index in [0.29, 0.717) is 6.42 Å². The monoisotopic (exact) mass is 1090 g/mol. The van der Waals surface area contributed by atoms with Crippen molar-refractivity contribution in [2.75, 3.05) is 13.2 Å². The van der Waals surface area contributed by atoms with E-state index in [1.54, 1.807) is 6.08 Å². The summed E-state index contributed by atoms with van der Waals surface area (Å²) < 4.78 is 11.3. The molecule has 1 aliphatic rings. The van der Waals surface area contributed by atoms with Crippen molar-refractivity contribution in [3.05, 3.63) is 36.5 Å². The summed E-state index contributed by atoms with van der Waals surface area (Å²) in [6.07, 6.45) is 69.6. The Balaban J connectivity index is 2.16. The zero-order valence-electron chi connectivity index (χ0n) is 50.7. The summed E-state index contributed by atoms with van der Waals surface area (Å²) in [6.45, 7) is 3.81. The maximum atomic E-state index is 13.1. The molecule has 1 heterocycles. The van der Waals surface area contributed by atoms with E-state index in [0.717, 1.165) is 38.5 Å². The van der Waals surface area contributed by atoms with E-state index in [-0.39, 0.29) is 12.5 Å². The lowest BCUT2D eigenvalue weighted by molar-refractivity contribution is -0.302. The number of allylic oxidation sites excluding steroid dienone is 5. The molecule has 77 heavy (non-hydrogen) atoms. The molecule has 6 N–H and O–H groups in total. The molecule has 0 spiro atoms. The molecule has 1 amide bonds. The summed E-state index contributed by atoms with van der Waals surface area (Å²) in [7, 11) is 0. The predicted molar refractivity (Wildman–Crippen MR) is 327 cm³/mol. The molecule has 0 bridgehead atoms. The molecular formula is C68H129NO8. The molecule has 7 atom stereocenters. The van der Waals surface area contributed by atoms with Crippen LogP contribution in [-0.2, 0) is 14.3 Å². The number of ether oxygens (including phenoxy) is 2. The van der Waals surface area contributed by atoms with Crippen molar-refractivity contribution in [3.63, 3.8) is 0 Å². The van der Waals surface area contributed by atoms with Crippen LogP contribution in [0.4, 0.5) is 0 Å². The van der Waals surface area contributed by atoms with Crippen molar-refractivity contribution >= 4 is 5.91 Å². The maximum absolute atomic E-state index is 13.1. The predicted octanol–water partition coefficient (Wildman–Crippen LogP) is 17.9. The fourth-order valence-corrected chi connectivity index (χ4v) is 10.9. The second-order valence-electron chi connectivity index (χ2n) is 23.6. The molecule has 9 heteroatoms. The Morgan fingerprint density at radius 1 is 0.429 bits per heavy atom. The van der Waals surface area contributed by atoms with Gasteiger partial charge in [-0.1, -0.05) is 307 Å². The maximum Gasteiger partial charge on any atom is 0.220 e. The van der Waals surface area contributed by atoms with E-state index < -0.39 is 49.5 Å². The molecule has 0 aromatic carbocycles. The lowest BCUT2D eigenvalue weighted by Crippen LogP contribution is -2.60. The highest BCUT2D eigenvalue weighted by Crippen LogP contribution is 2.23. The number of aliphatic hydroxyl groups excluding tert-OH is 5. The smallest absolute Gasteiger partial charge is 0.220 e. The first-order valence-corrected chi connectivity index (χ1v) is 33.7. The average Bonchev–Trinajstić information content (AvgIpc) is 3.43. The van der Waals surface area contributed by atoms with Gasteiger partial charge in [-0.3, -0.25) is 4.79 Å². The number of hydrogen-bond acceptors (Lipinski definition) is 8. The average molecular weight is 1090 g/mol. The van der Waals surface area contributed by atoms with E-state index >= 15 is 0 Å². The van der Waals surface area contributed by atoms with Gasteiger partial charge in [-0.15, -0.1) is 0 Å². The molecule has 454 valence electrons. The van der Waals surface area contributed by atoms with Gasteiger partial charge in [0, 0.05) is 6.42 Å². The van der Waals surface area contributed by atoms with E-state index in [9.17, 15) is 30.3 Å². The summed E-state index contributed by atoms with van der Waals surface area (Å²) in [6, 6.07) is -0.822. The van der Waals surface area contributed by atoms with Crippen molar-refractivity contribution in [2.45, 2.75) is 378 Å². The van der Waals surface area contributed by atoms with Gasteiger partial charge in [0.25, 0.3) is 0 Å². The van der Waals surface area contributed by atoms with Crippen LogP contribution in [0.1, 0.15) is 335 Å². The van der Waals surface area contributed by atoms with Crippen LogP contribution < -0.4 is 5.32 Å². The molecule has 1 rings (SSSR count). The van der Waals surface area contributed by atoms with Gasteiger partial charge >= 0.3 is 0 Å². The van der Waals surface area contributed by atoms with E-state index in [2.05, 4.69) is 43.5 Å². The Kier molecular flexibility index (Phi) is 55.0. The van der Waals surface area contributed by atoms with Gasteiger partial charge in [-0.25, -0.2) is 0 Å². The highest BCUT2D eigenvalue weighted by atomic mass is 16.7. The Bertz CT molecular complexity index is 1310. The molecule has 0 aromatic heterocycles. The van der Waals surface area contributed by atoms with Crippen molar-refractivity contribution in [3.8, 4) is 0 Å². The molecular weight excluding hydrogens is 959 g/mol. The Hall–Kier alpha value is -1.59. The molecule has 0 aliphatic carbocycles. The summed E-state index contributed by atoms with van der Waals surface area (Å²) in [5, 5.41) is 54.7.